The Hall–Kier alpha value is -3.27. The van der Waals surface area contributed by atoms with Crippen LogP contribution in [0.15, 0.2) is 71.6 Å². The van der Waals surface area contributed by atoms with E-state index in [1.807, 2.05) is 32.9 Å². The molecule has 1 heterocycles. The Bertz CT molecular complexity index is 1350. The third-order valence-electron chi connectivity index (χ3n) is 6.25. The van der Waals surface area contributed by atoms with Crippen molar-refractivity contribution in [1.82, 2.24) is 0 Å². The highest BCUT2D eigenvalue weighted by Crippen LogP contribution is 2.47. The molecule has 210 valence electrons. The van der Waals surface area contributed by atoms with Crippen molar-refractivity contribution in [3.8, 4) is 23.0 Å². The van der Waals surface area contributed by atoms with Crippen molar-refractivity contribution in [3.05, 3.63) is 72.3 Å². The molecule has 39 heavy (non-hydrogen) atoms. The van der Waals surface area contributed by atoms with Gasteiger partial charge >= 0.3 is 0 Å². The Balaban J connectivity index is 1.84. The number of hydrogen-bond donors (Lipinski definition) is 1. The standard InChI is InChI=1S/C30H37NO7S/c1-21(36-27-17-11-12-20-35-27)37-28-23(30(2,3)4)18-19-26(39(32,33)31-22-13-7-6-8-14-22)29(28)38-25-16-10-9-15-24(25)34-5/h6-10,13-16,18-19,21,27,31H,11-12,17,20H2,1-5H3. The van der Waals surface area contributed by atoms with Gasteiger partial charge in [-0.2, -0.15) is 0 Å². The minimum Gasteiger partial charge on any atom is -0.493 e. The molecule has 1 fully saturated rings. The van der Waals surface area contributed by atoms with Crippen molar-refractivity contribution < 1.29 is 32.1 Å². The molecule has 1 aliphatic heterocycles. The lowest BCUT2D eigenvalue weighted by molar-refractivity contribution is -0.225. The minimum absolute atomic E-state index is 0.0374. The normalized spacial score (nSPS) is 16.8. The average Bonchev–Trinajstić information content (AvgIpc) is 2.90. The zero-order valence-corrected chi connectivity index (χ0v) is 23.9. The molecule has 0 bridgehead atoms. The van der Waals surface area contributed by atoms with Crippen LogP contribution in [0.3, 0.4) is 0 Å². The predicted molar refractivity (Wildman–Crippen MR) is 150 cm³/mol. The molecule has 2 atom stereocenters. The Morgan fingerprint density at radius 2 is 1.62 bits per heavy atom. The van der Waals surface area contributed by atoms with Gasteiger partial charge in [-0.3, -0.25) is 4.72 Å². The van der Waals surface area contributed by atoms with E-state index in [1.165, 1.54) is 7.11 Å². The highest BCUT2D eigenvalue weighted by atomic mass is 32.2. The summed E-state index contributed by atoms with van der Waals surface area (Å²) in [4.78, 5) is -0.0821. The Morgan fingerprint density at radius 3 is 2.26 bits per heavy atom. The van der Waals surface area contributed by atoms with Gasteiger partial charge in [-0.05, 0) is 61.9 Å². The van der Waals surface area contributed by atoms with Crippen LogP contribution >= 0.6 is 0 Å². The summed E-state index contributed by atoms with van der Waals surface area (Å²) < 4.78 is 60.1. The van der Waals surface area contributed by atoms with Gasteiger partial charge < -0.3 is 23.7 Å². The monoisotopic (exact) mass is 555 g/mol. The van der Waals surface area contributed by atoms with Crippen molar-refractivity contribution in [3.63, 3.8) is 0 Å². The van der Waals surface area contributed by atoms with Gasteiger partial charge in [-0.25, -0.2) is 8.42 Å². The van der Waals surface area contributed by atoms with Gasteiger partial charge in [0.1, 0.15) is 4.90 Å². The number of ether oxygens (including phenoxy) is 5. The van der Waals surface area contributed by atoms with Gasteiger partial charge in [0.2, 0.25) is 0 Å². The summed E-state index contributed by atoms with van der Waals surface area (Å²) in [7, 11) is -2.57. The fourth-order valence-electron chi connectivity index (χ4n) is 4.32. The maximum atomic E-state index is 13.8. The predicted octanol–water partition coefficient (Wildman–Crippen LogP) is 6.85. The third-order valence-corrected chi connectivity index (χ3v) is 7.65. The molecule has 1 saturated heterocycles. The van der Waals surface area contributed by atoms with Crippen LogP contribution in [-0.4, -0.2) is 34.7 Å². The van der Waals surface area contributed by atoms with E-state index in [2.05, 4.69) is 4.72 Å². The molecule has 9 heteroatoms. The molecular weight excluding hydrogens is 518 g/mol. The molecule has 0 aromatic heterocycles. The van der Waals surface area contributed by atoms with E-state index in [0.717, 1.165) is 24.8 Å². The molecule has 0 radical (unpaired) electrons. The van der Waals surface area contributed by atoms with E-state index in [1.54, 1.807) is 61.5 Å². The quantitative estimate of drug-likeness (QED) is 0.273. The summed E-state index contributed by atoms with van der Waals surface area (Å²) in [6, 6.07) is 19.0. The topological polar surface area (TPSA) is 92.3 Å². The molecule has 4 rings (SSSR count). The van der Waals surface area contributed by atoms with Gasteiger partial charge in [-0.1, -0.05) is 57.2 Å². The molecule has 8 nitrogen and oxygen atoms in total. The van der Waals surface area contributed by atoms with Crippen LogP contribution in [0.5, 0.6) is 23.0 Å². The molecule has 0 aliphatic carbocycles. The van der Waals surface area contributed by atoms with Gasteiger partial charge in [0, 0.05) is 17.9 Å². The van der Waals surface area contributed by atoms with Crippen molar-refractivity contribution in [1.29, 1.82) is 0 Å². The Kier molecular flexibility index (Phi) is 9.04. The van der Waals surface area contributed by atoms with Crippen LogP contribution < -0.4 is 18.9 Å². The number of methoxy groups -OCH3 is 1. The largest absolute Gasteiger partial charge is 0.493 e. The summed E-state index contributed by atoms with van der Waals surface area (Å²) in [5, 5.41) is 0. The van der Waals surface area contributed by atoms with Crippen molar-refractivity contribution in [2.75, 3.05) is 18.4 Å². The molecule has 2 unspecified atom stereocenters. The van der Waals surface area contributed by atoms with E-state index in [-0.39, 0.29) is 16.4 Å². The number of rotatable bonds is 10. The number of nitrogens with one attached hydrogen (secondary N) is 1. The first-order valence-corrected chi connectivity index (χ1v) is 14.6. The summed E-state index contributed by atoms with van der Waals surface area (Å²) in [5.74, 6) is 1.10. The third kappa shape index (κ3) is 7.23. The van der Waals surface area contributed by atoms with Crippen LogP contribution in [0.4, 0.5) is 5.69 Å². The first-order valence-electron chi connectivity index (χ1n) is 13.1. The fourth-order valence-corrected chi connectivity index (χ4v) is 5.50. The van der Waals surface area contributed by atoms with Gasteiger partial charge in [0.25, 0.3) is 10.0 Å². The van der Waals surface area contributed by atoms with Crippen LogP contribution in [-0.2, 0) is 24.9 Å². The van der Waals surface area contributed by atoms with Crippen LogP contribution in [0.1, 0.15) is 52.5 Å². The second-order valence-electron chi connectivity index (χ2n) is 10.4. The zero-order valence-electron chi connectivity index (χ0n) is 23.1. The number of benzene rings is 3. The molecule has 3 aromatic carbocycles. The molecule has 0 spiro atoms. The smallest absolute Gasteiger partial charge is 0.265 e. The molecule has 0 saturated carbocycles. The summed E-state index contributed by atoms with van der Waals surface area (Å²) in [5.41, 5.74) is 0.769. The highest BCUT2D eigenvalue weighted by Gasteiger charge is 2.32. The van der Waals surface area contributed by atoms with Gasteiger partial charge in [0.05, 0.1) is 7.11 Å². The van der Waals surface area contributed by atoms with Crippen LogP contribution in [0.2, 0.25) is 0 Å². The minimum atomic E-state index is -4.09. The zero-order chi connectivity index (χ0) is 28.0. The lowest BCUT2D eigenvalue weighted by Gasteiger charge is -2.30. The van der Waals surface area contributed by atoms with Crippen molar-refractivity contribution in [2.45, 2.75) is 69.8 Å². The number of para-hydroxylation sites is 3. The Labute approximate surface area is 231 Å². The van der Waals surface area contributed by atoms with Gasteiger partial charge in [-0.15, -0.1) is 0 Å². The van der Waals surface area contributed by atoms with Crippen LogP contribution in [0.25, 0.3) is 0 Å². The molecule has 1 N–H and O–H groups in total. The van der Waals surface area contributed by atoms with Crippen molar-refractivity contribution in [2.24, 2.45) is 0 Å². The maximum Gasteiger partial charge on any atom is 0.265 e. The van der Waals surface area contributed by atoms with E-state index in [0.29, 0.717) is 23.8 Å². The fraction of sp³-hybridized carbons (Fsp3) is 0.400. The molecule has 1 aliphatic rings. The maximum absolute atomic E-state index is 13.8. The summed E-state index contributed by atoms with van der Waals surface area (Å²) >= 11 is 0. The van der Waals surface area contributed by atoms with Crippen molar-refractivity contribution >= 4 is 15.7 Å². The molecular formula is C30H37NO7S. The summed E-state index contributed by atoms with van der Waals surface area (Å²) in [6.07, 6.45) is 1.63. The first-order chi connectivity index (χ1) is 18.6. The summed E-state index contributed by atoms with van der Waals surface area (Å²) in [6.45, 7) is 8.46. The highest BCUT2D eigenvalue weighted by molar-refractivity contribution is 7.92. The lowest BCUT2D eigenvalue weighted by Crippen LogP contribution is -2.30. The van der Waals surface area contributed by atoms with Crippen LogP contribution in [0, 0.1) is 0 Å². The van der Waals surface area contributed by atoms with E-state index >= 15 is 0 Å². The number of anilines is 1. The van der Waals surface area contributed by atoms with E-state index < -0.39 is 28.0 Å². The van der Waals surface area contributed by atoms with Gasteiger partial charge in [0.15, 0.2) is 35.6 Å². The molecule has 3 aromatic rings. The van der Waals surface area contributed by atoms with E-state index in [4.69, 9.17) is 23.7 Å². The molecule has 0 amide bonds. The average molecular weight is 556 g/mol. The second-order valence-corrected chi connectivity index (χ2v) is 12.0. The SMILES string of the molecule is COc1ccccc1Oc1c(S(=O)(=O)Nc2ccccc2)ccc(C(C)(C)C)c1OC(C)OC1CCCCO1. The van der Waals surface area contributed by atoms with E-state index in [9.17, 15) is 8.42 Å². The first kappa shape index (κ1) is 28.7. The lowest BCUT2D eigenvalue weighted by atomic mass is 9.86. The number of sulfonamides is 1. The Morgan fingerprint density at radius 1 is 0.923 bits per heavy atom. The second kappa shape index (κ2) is 12.3. The number of hydrogen-bond acceptors (Lipinski definition) is 7.